The van der Waals surface area contributed by atoms with Crippen molar-refractivity contribution in [1.82, 2.24) is 0 Å². The topological polar surface area (TPSA) is 58.6 Å². The number of carbonyl (C=O) groups is 1. The fourth-order valence-corrected chi connectivity index (χ4v) is 1.18. The Bertz CT molecular complexity index is 420. The summed E-state index contributed by atoms with van der Waals surface area (Å²) < 4.78 is 40.1. The van der Waals surface area contributed by atoms with E-state index in [1.165, 1.54) is 25.1 Å². The van der Waals surface area contributed by atoms with Crippen molar-refractivity contribution >= 4 is 11.7 Å². The monoisotopic (exact) mass is 263 g/mol. The lowest BCUT2D eigenvalue weighted by atomic mass is 10.2. The van der Waals surface area contributed by atoms with E-state index in [-0.39, 0.29) is 18.0 Å². The molecule has 1 aromatic rings. The molecule has 4 nitrogen and oxygen atoms in total. The van der Waals surface area contributed by atoms with E-state index in [0.717, 1.165) is 6.07 Å². The first-order chi connectivity index (χ1) is 8.29. The summed E-state index contributed by atoms with van der Waals surface area (Å²) in [7, 11) is 0. The first-order valence-corrected chi connectivity index (χ1v) is 5.11. The van der Waals surface area contributed by atoms with Crippen molar-refractivity contribution in [2.45, 2.75) is 13.3 Å². The molecule has 0 aliphatic carbocycles. The molecule has 0 fully saturated rings. The Balaban J connectivity index is 2.73. The van der Waals surface area contributed by atoms with Gasteiger partial charge in [-0.05, 0) is 12.1 Å². The molecule has 0 heterocycles. The van der Waals surface area contributed by atoms with Crippen molar-refractivity contribution in [1.29, 1.82) is 0 Å². The third-order valence-corrected chi connectivity index (χ3v) is 2.13. The van der Waals surface area contributed by atoms with Crippen LogP contribution in [0.4, 0.5) is 18.9 Å². The summed E-state index contributed by atoms with van der Waals surface area (Å²) in [6.07, 6.45) is -4.78. The Morgan fingerprint density at radius 1 is 1.44 bits per heavy atom. The number of aliphatic carboxylic acids is 1. The molecule has 7 heteroatoms. The molecule has 2 N–H and O–H groups in total. The minimum absolute atomic E-state index is 0.00750. The highest BCUT2D eigenvalue weighted by Gasteiger charge is 2.32. The first kappa shape index (κ1) is 14.1. The molecule has 0 aliphatic rings. The molecular weight excluding hydrogens is 251 g/mol. The van der Waals surface area contributed by atoms with E-state index in [2.05, 4.69) is 10.1 Å². The van der Waals surface area contributed by atoms with Gasteiger partial charge >= 0.3 is 12.3 Å². The molecule has 100 valence electrons. The number of hydrogen-bond acceptors (Lipinski definition) is 3. The second-order valence-corrected chi connectivity index (χ2v) is 3.66. The maximum absolute atomic E-state index is 12.1. The Morgan fingerprint density at radius 2 is 2.06 bits per heavy atom. The van der Waals surface area contributed by atoms with E-state index < -0.39 is 18.2 Å². The molecule has 0 saturated carbocycles. The number of anilines is 1. The maximum atomic E-state index is 12.1. The van der Waals surface area contributed by atoms with Crippen molar-refractivity contribution in [2.75, 3.05) is 11.9 Å². The van der Waals surface area contributed by atoms with Gasteiger partial charge in [-0.3, -0.25) is 4.79 Å². The van der Waals surface area contributed by atoms with Crippen molar-refractivity contribution in [2.24, 2.45) is 5.92 Å². The number of para-hydroxylation sites is 2. The van der Waals surface area contributed by atoms with Gasteiger partial charge in [0.05, 0.1) is 11.6 Å². The Hall–Kier alpha value is -1.92. The third-order valence-electron chi connectivity index (χ3n) is 2.13. The lowest BCUT2D eigenvalue weighted by Crippen LogP contribution is -2.21. The molecule has 0 amide bonds. The molecule has 1 atom stereocenters. The summed E-state index contributed by atoms with van der Waals surface area (Å²) in [5, 5.41) is 11.3. The summed E-state index contributed by atoms with van der Waals surface area (Å²) >= 11 is 0. The van der Waals surface area contributed by atoms with E-state index in [9.17, 15) is 18.0 Å². The van der Waals surface area contributed by atoms with Crippen LogP contribution in [0.3, 0.4) is 0 Å². The number of nitrogens with one attached hydrogen (secondary N) is 1. The Labute approximate surface area is 101 Å². The standard InChI is InChI=1S/C11H12F3NO3/c1-7(10(16)17)6-15-8-4-2-3-5-9(8)18-11(12,13)14/h2-5,7,15H,6H2,1H3,(H,16,17). The summed E-state index contributed by atoms with van der Waals surface area (Å²) in [5.41, 5.74) is 0.0999. The van der Waals surface area contributed by atoms with Crippen LogP contribution in [0.1, 0.15) is 6.92 Å². The van der Waals surface area contributed by atoms with Gasteiger partial charge in [-0.1, -0.05) is 19.1 Å². The fourth-order valence-electron chi connectivity index (χ4n) is 1.18. The van der Waals surface area contributed by atoms with E-state index in [4.69, 9.17) is 5.11 Å². The Morgan fingerprint density at radius 3 is 2.61 bits per heavy atom. The average molecular weight is 263 g/mol. The van der Waals surface area contributed by atoms with Crippen molar-refractivity contribution in [3.8, 4) is 5.75 Å². The summed E-state index contributed by atoms with van der Waals surface area (Å²) in [5.74, 6) is -2.14. The number of ether oxygens (including phenoxy) is 1. The van der Waals surface area contributed by atoms with Crippen LogP contribution in [-0.4, -0.2) is 24.0 Å². The minimum atomic E-state index is -4.78. The smallest absolute Gasteiger partial charge is 0.481 e. The van der Waals surface area contributed by atoms with Gasteiger partial charge in [-0.25, -0.2) is 0 Å². The number of rotatable bonds is 5. The van der Waals surface area contributed by atoms with Gasteiger partial charge in [0.1, 0.15) is 0 Å². The second-order valence-electron chi connectivity index (χ2n) is 3.66. The minimum Gasteiger partial charge on any atom is -0.481 e. The molecule has 1 rings (SSSR count). The van der Waals surface area contributed by atoms with Crippen molar-refractivity contribution in [3.63, 3.8) is 0 Å². The van der Waals surface area contributed by atoms with Crippen LogP contribution in [0.25, 0.3) is 0 Å². The van der Waals surface area contributed by atoms with E-state index in [1.807, 2.05) is 0 Å². The number of alkyl halides is 3. The molecule has 0 bridgehead atoms. The fraction of sp³-hybridized carbons (Fsp3) is 0.364. The summed E-state index contributed by atoms with van der Waals surface area (Å²) in [6, 6.07) is 5.46. The molecule has 1 aromatic carbocycles. The molecule has 0 aliphatic heterocycles. The predicted molar refractivity (Wildman–Crippen MR) is 58.4 cm³/mol. The van der Waals surface area contributed by atoms with Crippen LogP contribution in [0.2, 0.25) is 0 Å². The lowest BCUT2D eigenvalue weighted by Gasteiger charge is -2.15. The normalized spacial score (nSPS) is 12.9. The largest absolute Gasteiger partial charge is 0.573 e. The molecule has 0 aromatic heterocycles. The third kappa shape index (κ3) is 4.52. The second kappa shape index (κ2) is 5.61. The van der Waals surface area contributed by atoms with Crippen LogP contribution in [0.15, 0.2) is 24.3 Å². The number of carboxylic acid groups (broad SMARTS) is 1. The number of halogens is 3. The van der Waals surface area contributed by atoms with E-state index >= 15 is 0 Å². The SMILES string of the molecule is CC(CNc1ccccc1OC(F)(F)F)C(=O)O. The van der Waals surface area contributed by atoms with Crippen LogP contribution < -0.4 is 10.1 Å². The van der Waals surface area contributed by atoms with E-state index in [0.29, 0.717) is 0 Å². The maximum Gasteiger partial charge on any atom is 0.573 e. The highest BCUT2D eigenvalue weighted by atomic mass is 19.4. The predicted octanol–water partition coefficient (Wildman–Crippen LogP) is 2.72. The van der Waals surface area contributed by atoms with Gasteiger partial charge in [-0.2, -0.15) is 0 Å². The average Bonchev–Trinajstić information content (AvgIpc) is 2.25. The molecule has 1 unspecified atom stereocenters. The quantitative estimate of drug-likeness (QED) is 0.857. The molecule has 18 heavy (non-hydrogen) atoms. The lowest BCUT2D eigenvalue weighted by molar-refractivity contribution is -0.274. The zero-order valence-corrected chi connectivity index (χ0v) is 9.49. The van der Waals surface area contributed by atoms with Crippen molar-refractivity contribution < 1.29 is 27.8 Å². The zero-order chi connectivity index (χ0) is 13.8. The van der Waals surface area contributed by atoms with Crippen LogP contribution in [-0.2, 0) is 4.79 Å². The summed E-state index contributed by atoms with van der Waals surface area (Å²) in [4.78, 5) is 10.6. The van der Waals surface area contributed by atoms with Crippen LogP contribution in [0, 0.1) is 5.92 Å². The van der Waals surface area contributed by atoms with Crippen molar-refractivity contribution in [3.05, 3.63) is 24.3 Å². The number of hydrogen-bond donors (Lipinski definition) is 2. The summed E-state index contributed by atoms with van der Waals surface area (Å²) in [6.45, 7) is 1.45. The molecular formula is C11H12F3NO3. The first-order valence-electron chi connectivity index (χ1n) is 5.11. The van der Waals surface area contributed by atoms with Gasteiger partial charge in [0.25, 0.3) is 0 Å². The van der Waals surface area contributed by atoms with Gasteiger partial charge in [-0.15, -0.1) is 13.2 Å². The van der Waals surface area contributed by atoms with Gasteiger partial charge in [0.2, 0.25) is 0 Å². The molecule has 0 spiro atoms. The molecule has 0 radical (unpaired) electrons. The van der Waals surface area contributed by atoms with E-state index in [1.54, 1.807) is 0 Å². The number of benzene rings is 1. The number of carboxylic acids is 1. The highest BCUT2D eigenvalue weighted by molar-refractivity contribution is 5.70. The zero-order valence-electron chi connectivity index (χ0n) is 9.49. The highest BCUT2D eigenvalue weighted by Crippen LogP contribution is 2.29. The van der Waals surface area contributed by atoms with Crippen LogP contribution >= 0.6 is 0 Å². The Kier molecular flexibility index (Phi) is 4.41. The van der Waals surface area contributed by atoms with Gasteiger partial charge in [0.15, 0.2) is 5.75 Å². The van der Waals surface area contributed by atoms with Gasteiger partial charge in [0, 0.05) is 6.54 Å². The molecule has 0 saturated heterocycles. The van der Waals surface area contributed by atoms with Gasteiger partial charge < -0.3 is 15.2 Å². The van der Waals surface area contributed by atoms with Crippen LogP contribution in [0.5, 0.6) is 5.75 Å².